The molecular weight excluding hydrogens is 382 g/mol. The van der Waals surface area contributed by atoms with E-state index in [-0.39, 0.29) is 18.1 Å². The van der Waals surface area contributed by atoms with Crippen LogP contribution in [0.5, 0.6) is 0 Å². The van der Waals surface area contributed by atoms with Gasteiger partial charge in [-0.1, -0.05) is 12.1 Å². The van der Waals surface area contributed by atoms with E-state index in [2.05, 4.69) is 20.2 Å². The molecule has 0 radical (unpaired) electrons. The van der Waals surface area contributed by atoms with Crippen molar-refractivity contribution in [3.63, 3.8) is 0 Å². The molecule has 0 spiro atoms. The van der Waals surface area contributed by atoms with E-state index in [9.17, 15) is 4.79 Å². The van der Waals surface area contributed by atoms with Crippen LogP contribution in [0, 0.1) is 0 Å². The molecule has 1 aromatic heterocycles. The Hall–Kier alpha value is -2.71. The van der Waals surface area contributed by atoms with E-state index in [1.54, 1.807) is 6.20 Å². The number of carbonyl (C=O) groups excluding carboxylic acids is 1. The van der Waals surface area contributed by atoms with E-state index in [0.717, 1.165) is 37.7 Å². The number of morpholine rings is 2. The number of nitrogens with one attached hydrogen (secondary N) is 1. The minimum Gasteiger partial charge on any atom is -0.378 e. The maximum absolute atomic E-state index is 12.8. The van der Waals surface area contributed by atoms with Gasteiger partial charge in [0.1, 0.15) is 5.82 Å². The highest BCUT2D eigenvalue weighted by Gasteiger charge is 2.26. The predicted molar refractivity (Wildman–Crippen MR) is 115 cm³/mol. The third-order valence-corrected chi connectivity index (χ3v) is 5.33. The smallest absolute Gasteiger partial charge is 0.254 e. The van der Waals surface area contributed by atoms with E-state index in [1.165, 1.54) is 0 Å². The lowest BCUT2D eigenvalue weighted by atomic mass is 10.1. The van der Waals surface area contributed by atoms with Crippen LogP contribution >= 0.6 is 0 Å². The summed E-state index contributed by atoms with van der Waals surface area (Å²) in [7, 11) is 0. The van der Waals surface area contributed by atoms with Gasteiger partial charge in [0.15, 0.2) is 0 Å². The van der Waals surface area contributed by atoms with Crippen molar-refractivity contribution >= 4 is 17.7 Å². The molecule has 2 atom stereocenters. The van der Waals surface area contributed by atoms with Crippen LogP contribution in [0.25, 0.3) is 0 Å². The summed E-state index contributed by atoms with van der Waals surface area (Å²) in [4.78, 5) is 25.8. The first-order chi connectivity index (χ1) is 14.6. The van der Waals surface area contributed by atoms with Gasteiger partial charge in [-0.3, -0.25) is 4.79 Å². The lowest BCUT2D eigenvalue weighted by molar-refractivity contribution is -0.0586. The van der Waals surface area contributed by atoms with Crippen LogP contribution in [-0.4, -0.2) is 72.4 Å². The Morgan fingerprint density at radius 2 is 1.80 bits per heavy atom. The zero-order valence-corrected chi connectivity index (χ0v) is 17.6. The molecule has 8 heteroatoms. The molecule has 1 aromatic carbocycles. The summed E-state index contributed by atoms with van der Waals surface area (Å²) in [5.74, 6) is 1.55. The van der Waals surface area contributed by atoms with Crippen molar-refractivity contribution in [3.8, 4) is 0 Å². The Labute approximate surface area is 177 Å². The summed E-state index contributed by atoms with van der Waals surface area (Å²) in [5.41, 5.74) is 1.77. The number of ether oxygens (including phenoxy) is 2. The SMILES string of the molecule is C[C@@H]1CN(C(=O)c2ccc(CNc3nccc(N4CCOCC4)n3)cc2)C[C@@H](C)O1. The van der Waals surface area contributed by atoms with E-state index in [1.807, 2.05) is 49.1 Å². The number of benzene rings is 1. The molecule has 0 saturated carbocycles. The fourth-order valence-corrected chi connectivity index (χ4v) is 3.88. The molecule has 0 aliphatic carbocycles. The standard InChI is InChI=1S/C22H29N5O3/c1-16-14-27(15-17(2)30-16)21(28)19-5-3-18(4-6-19)13-24-22-23-8-7-20(25-22)26-9-11-29-12-10-26/h3-8,16-17H,9-15H2,1-2H3,(H,23,24,25)/t16-,17-/m1/s1. The lowest BCUT2D eigenvalue weighted by Crippen LogP contribution is -2.48. The van der Waals surface area contributed by atoms with Gasteiger partial charge in [0, 0.05) is 44.5 Å². The Morgan fingerprint density at radius 3 is 2.50 bits per heavy atom. The van der Waals surface area contributed by atoms with Crippen molar-refractivity contribution < 1.29 is 14.3 Å². The topological polar surface area (TPSA) is 79.8 Å². The van der Waals surface area contributed by atoms with Gasteiger partial charge in [0.05, 0.1) is 25.4 Å². The van der Waals surface area contributed by atoms with Gasteiger partial charge in [-0.25, -0.2) is 4.98 Å². The highest BCUT2D eigenvalue weighted by Crippen LogP contribution is 2.17. The minimum atomic E-state index is 0.0538. The molecule has 1 amide bonds. The first-order valence-corrected chi connectivity index (χ1v) is 10.5. The zero-order chi connectivity index (χ0) is 20.9. The largest absolute Gasteiger partial charge is 0.378 e. The van der Waals surface area contributed by atoms with Crippen LogP contribution in [-0.2, 0) is 16.0 Å². The second kappa shape index (κ2) is 9.40. The van der Waals surface area contributed by atoms with E-state index in [4.69, 9.17) is 9.47 Å². The van der Waals surface area contributed by atoms with Crippen molar-refractivity contribution in [2.75, 3.05) is 49.6 Å². The number of hydrogen-bond acceptors (Lipinski definition) is 7. The number of amides is 1. The molecule has 2 fully saturated rings. The van der Waals surface area contributed by atoms with Crippen LogP contribution in [0.3, 0.4) is 0 Å². The molecule has 1 N–H and O–H groups in total. The number of hydrogen-bond donors (Lipinski definition) is 1. The maximum atomic E-state index is 12.8. The number of anilines is 2. The van der Waals surface area contributed by atoms with Crippen molar-refractivity contribution in [1.82, 2.24) is 14.9 Å². The van der Waals surface area contributed by atoms with Crippen LogP contribution in [0.2, 0.25) is 0 Å². The fraction of sp³-hybridized carbons (Fsp3) is 0.500. The lowest BCUT2D eigenvalue weighted by Gasteiger charge is -2.35. The first kappa shape index (κ1) is 20.6. The average molecular weight is 412 g/mol. The maximum Gasteiger partial charge on any atom is 0.254 e. The summed E-state index contributed by atoms with van der Waals surface area (Å²) >= 11 is 0. The summed E-state index contributed by atoms with van der Waals surface area (Å²) < 4.78 is 11.1. The van der Waals surface area contributed by atoms with Gasteiger partial charge in [-0.15, -0.1) is 0 Å². The van der Waals surface area contributed by atoms with Crippen LogP contribution in [0.1, 0.15) is 29.8 Å². The van der Waals surface area contributed by atoms with Gasteiger partial charge >= 0.3 is 0 Å². The van der Waals surface area contributed by atoms with E-state index < -0.39 is 0 Å². The van der Waals surface area contributed by atoms with Gasteiger partial charge in [-0.2, -0.15) is 4.98 Å². The molecule has 30 heavy (non-hydrogen) atoms. The van der Waals surface area contributed by atoms with Crippen molar-refractivity contribution in [1.29, 1.82) is 0 Å². The molecule has 2 saturated heterocycles. The van der Waals surface area contributed by atoms with Crippen LogP contribution in [0.15, 0.2) is 36.5 Å². The van der Waals surface area contributed by atoms with Gasteiger partial charge in [0.25, 0.3) is 5.91 Å². The van der Waals surface area contributed by atoms with Crippen molar-refractivity contribution in [3.05, 3.63) is 47.7 Å². The molecule has 3 heterocycles. The number of aromatic nitrogens is 2. The number of nitrogens with zero attached hydrogens (tertiary/aromatic N) is 4. The zero-order valence-electron chi connectivity index (χ0n) is 17.6. The van der Waals surface area contributed by atoms with E-state index in [0.29, 0.717) is 31.1 Å². The van der Waals surface area contributed by atoms with Crippen molar-refractivity contribution in [2.45, 2.75) is 32.6 Å². The summed E-state index contributed by atoms with van der Waals surface area (Å²) in [6.07, 6.45) is 1.90. The average Bonchev–Trinajstić information content (AvgIpc) is 2.78. The number of carbonyl (C=O) groups is 1. The second-order valence-electron chi connectivity index (χ2n) is 7.86. The Kier molecular flexibility index (Phi) is 6.44. The number of rotatable bonds is 5. The molecule has 4 rings (SSSR count). The molecule has 0 bridgehead atoms. The Balaban J connectivity index is 1.34. The summed E-state index contributed by atoms with van der Waals surface area (Å²) in [5, 5.41) is 3.27. The van der Waals surface area contributed by atoms with Gasteiger partial charge in [-0.05, 0) is 37.6 Å². The molecule has 2 aromatic rings. The van der Waals surface area contributed by atoms with Crippen LogP contribution < -0.4 is 10.2 Å². The second-order valence-corrected chi connectivity index (χ2v) is 7.86. The monoisotopic (exact) mass is 411 g/mol. The highest BCUT2D eigenvalue weighted by atomic mass is 16.5. The first-order valence-electron chi connectivity index (χ1n) is 10.5. The molecule has 2 aliphatic rings. The van der Waals surface area contributed by atoms with Gasteiger partial charge < -0.3 is 24.6 Å². The molecule has 8 nitrogen and oxygen atoms in total. The molecular formula is C22H29N5O3. The molecule has 160 valence electrons. The molecule has 2 aliphatic heterocycles. The third kappa shape index (κ3) is 5.06. The third-order valence-electron chi connectivity index (χ3n) is 5.33. The minimum absolute atomic E-state index is 0.0538. The Bertz CT molecular complexity index is 844. The highest BCUT2D eigenvalue weighted by molar-refractivity contribution is 5.94. The summed E-state index contributed by atoms with van der Waals surface area (Å²) in [6.45, 7) is 8.97. The van der Waals surface area contributed by atoms with E-state index >= 15 is 0 Å². The molecule has 0 unspecified atom stereocenters. The summed E-state index contributed by atoms with van der Waals surface area (Å²) in [6, 6.07) is 9.63. The predicted octanol–water partition coefficient (Wildman–Crippen LogP) is 2.17. The van der Waals surface area contributed by atoms with Gasteiger partial charge in [0.2, 0.25) is 5.95 Å². The Morgan fingerprint density at radius 1 is 1.10 bits per heavy atom. The van der Waals surface area contributed by atoms with Crippen LogP contribution in [0.4, 0.5) is 11.8 Å². The quantitative estimate of drug-likeness (QED) is 0.808. The fourth-order valence-electron chi connectivity index (χ4n) is 3.88. The van der Waals surface area contributed by atoms with Crippen molar-refractivity contribution in [2.24, 2.45) is 0 Å². The normalized spacial score (nSPS) is 22.1.